The smallest absolute Gasteiger partial charge is 0.353 e. The van der Waals surface area contributed by atoms with Gasteiger partial charge in [0.1, 0.15) is 5.15 Å². The van der Waals surface area contributed by atoms with E-state index < -0.39 is 20.7 Å². The predicted molar refractivity (Wildman–Crippen MR) is 98.4 cm³/mol. The molecule has 0 aliphatic heterocycles. The summed E-state index contributed by atoms with van der Waals surface area (Å²) in [4.78, 5) is 17.1. The van der Waals surface area contributed by atoms with Crippen molar-refractivity contribution in [2.24, 2.45) is 5.41 Å². The largest absolute Gasteiger partial charge is 0.463 e. The highest BCUT2D eigenvalue weighted by atomic mass is 35.5. The Labute approximate surface area is 151 Å². The molecule has 0 aliphatic carbocycles. The van der Waals surface area contributed by atoms with E-state index in [2.05, 4.69) is 10.3 Å². The number of hydrogen-bond acceptors (Lipinski definition) is 5. The molecule has 0 bridgehead atoms. The van der Waals surface area contributed by atoms with Crippen molar-refractivity contribution in [3.8, 4) is 0 Å². The van der Waals surface area contributed by atoms with Crippen molar-refractivity contribution in [1.29, 1.82) is 0 Å². The molecule has 1 N–H and O–H groups in total. The topological polar surface area (TPSA) is 60.5 Å². The van der Waals surface area contributed by atoms with Crippen LogP contribution in [0.2, 0.25) is 18.2 Å². The summed E-state index contributed by atoms with van der Waals surface area (Å²) in [7, 11) is 0.497. The number of hydrogen-bond donors (Lipinski definition) is 1. The minimum Gasteiger partial charge on any atom is -0.463 e. The number of pyridine rings is 1. The maximum atomic E-state index is 12.9. The molecule has 1 aromatic rings. The van der Waals surface area contributed by atoms with Crippen molar-refractivity contribution < 1.29 is 14.0 Å². The van der Waals surface area contributed by atoms with Gasteiger partial charge in [0, 0.05) is 12.1 Å². The molecule has 2 unspecified atom stereocenters. The second kappa shape index (κ2) is 8.42. The number of ether oxygens (including phenoxy) is 1. The molecule has 0 fully saturated rings. The molecule has 135 valence electrons. The Morgan fingerprint density at radius 1 is 1.42 bits per heavy atom. The van der Waals surface area contributed by atoms with Crippen LogP contribution < -0.4 is 5.32 Å². The lowest BCUT2D eigenvalue weighted by Crippen LogP contribution is -2.62. The Kier molecular flexibility index (Phi) is 7.40. The molecule has 24 heavy (non-hydrogen) atoms. The second-order valence-electron chi connectivity index (χ2n) is 6.90. The van der Waals surface area contributed by atoms with Gasteiger partial charge >= 0.3 is 5.97 Å². The fourth-order valence-corrected chi connectivity index (χ4v) is 4.16. The highest BCUT2D eigenvalue weighted by Crippen LogP contribution is 2.46. The summed E-state index contributed by atoms with van der Waals surface area (Å²) in [5, 5.41) is 3.47. The SMILES string of the molecule is CCOC(=O)C(NC)(O[Si](C)C)C(c1cccnc1Cl)C(C)(C)C. The molecule has 0 aromatic carbocycles. The van der Waals surface area contributed by atoms with Gasteiger partial charge in [-0.1, -0.05) is 38.4 Å². The first-order chi connectivity index (χ1) is 11.1. The zero-order chi connectivity index (χ0) is 18.5. The van der Waals surface area contributed by atoms with Crippen LogP contribution in [0.25, 0.3) is 0 Å². The summed E-state index contributed by atoms with van der Waals surface area (Å²) >= 11 is 6.37. The normalized spacial score (nSPS) is 15.9. The van der Waals surface area contributed by atoms with Crippen LogP contribution in [0.4, 0.5) is 0 Å². The third kappa shape index (κ3) is 4.56. The number of esters is 1. The third-order valence-electron chi connectivity index (χ3n) is 3.69. The molecule has 0 saturated heterocycles. The predicted octanol–water partition coefficient (Wildman–Crippen LogP) is 3.61. The molecule has 0 amide bonds. The van der Waals surface area contributed by atoms with E-state index >= 15 is 0 Å². The van der Waals surface area contributed by atoms with Gasteiger partial charge in [-0.15, -0.1) is 0 Å². The maximum absolute atomic E-state index is 12.9. The average Bonchev–Trinajstić information content (AvgIpc) is 2.46. The summed E-state index contributed by atoms with van der Waals surface area (Å²) in [5.74, 6) is -0.811. The van der Waals surface area contributed by atoms with Crippen LogP contribution in [-0.2, 0) is 14.0 Å². The van der Waals surface area contributed by atoms with Crippen LogP contribution >= 0.6 is 11.6 Å². The van der Waals surface area contributed by atoms with Gasteiger partial charge in [0.15, 0.2) is 0 Å². The monoisotopic (exact) mass is 371 g/mol. The highest BCUT2D eigenvalue weighted by molar-refractivity contribution is 6.48. The molecule has 1 rings (SSSR count). The number of nitrogens with zero attached hydrogens (tertiary/aromatic N) is 1. The molecule has 1 radical (unpaired) electrons. The average molecular weight is 372 g/mol. The Balaban J connectivity index is 3.63. The van der Waals surface area contributed by atoms with Crippen molar-refractivity contribution >= 4 is 26.6 Å². The van der Waals surface area contributed by atoms with E-state index in [0.717, 1.165) is 5.56 Å². The van der Waals surface area contributed by atoms with Gasteiger partial charge in [-0.25, -0.2) is 9.78 Å². The first-order valence-electron chi connectivity index (χ1n) is 8.05. The number of nitrogens with one attached hydrogen (secondary N) is 1. The lowest BCUT2D eigenvalue weighted by atomic mass is 9.70. The minimum atomic E-state index is -1.32. The third-order valence-corrected chi connectivity index (χ3v) is 4.73. The van der Waals surface area contributed by atoms with E-state index in [9.17, 15) is 4.79 Å². The van der Waals surface area contributed by atoms with Crippen molar-refractivity contribution in [3.63, 3.8) is 0 Å². The van der Waals surface area contributed by atoms with E-state index in [1.54, 1.807) is 20.2 Å². The van der Waals surface area contributed by atoms with Crippen molar-refractivity contribution in [1.82, 2.24) is 10.3 Å². The summed E-state index contributed by atoms with van der Waals surface area (Å²) in [5.41, 5.74) is -0.893. The van der Waals surface area contributed by atoms with Crippen molar-refractivity contribution in [2.75, 3.05) is 13.7 Å². The van der Waals surface area contributed by atoms with Crippen LogP contribution in [0.15, 0.2) is 18.3 Å². The van der Waals surface area contributed by atoms with Gasteiger partial charge in [0.05, 0.1) is 6.61 Å². The van der Waals surface area contributed by atoms with Crippen LogP contribution in [-0.4, -0.2) is 39.4 Å². The highest BCUT2D eigenvalue weighted by Gasteiger charge is 2.53. The van der Waals surface area contributed by atoms with Crippen LogP contribution in [0.5, 0.6) is 0 Å². The summed E-state index contributed by atoms with van der Waals surface area (Å²) in [6.45, 7) is 12.2. The Hall–Kier alpha value is -0.953. The quantitative estimate of drug-likeness (QED) is 0.343. The van der Waals surface area contributed by atoms with E-state index in [1.807, 2.05) is 46.0 Å². The molecule has 1 heterocycles. The zero-order valence-corrected chi connectivity index (χ0v) is 17.3. The lowest BCUT2D eigenvalue weighted by Gasteiger charge is -2.45. The lowest BCUT2D eigenvalue weighted by molar-refractivity contribution is -0.171. The van der Waals surface area contributed by atoms with E-state index in [-0.39, 0.29) is 17.9 Å². The Morgan fingerprint density at radius 2 is 2.04 bits per heavy atom. The fraction of sp³-hybridized carbons (Fsp3) is 0.647. The van der Waals surface area contributed by atoms with Crippen molar-refractivity contribution in [3.05, 3.63) is 29.0 Å². The number of carbonyl (C=O) groups excluding carboxylic acids is 1. The van der Waals surface area contributed by atoms with Gasteiger partial charge in [0.25, 0.3) is 0 Å². The van der Waals surface area contributed by atoms with Gasteiger partial charge in [-0.2, -0.15) is 0 Å². The van der Waals surface area contributed by atoms with Gasteiger partial charge in [-0.05, 0) is 44.1 Å². The molecule has 0 aliphatic rings. The molecular formula is C17H28ClN2O3Si. The van der Waals surface area contributed by atoms with Crippen molar-refractivity contribution in [2.45, 2.75) is 52.4 Å². The molecule has 5 nitrogen and oxygen atoms in total. The number of halogens is 1. The van der Waals surface area contributed by atoms with E-state index in [4.69, 9.17) is 20.8 Å². The summed E-state index contributed by atoms with van der Waals surface area (Å²) < 4.78 is 11.6. The molecular weight excluding hydrogens is 344 g/mol. The van der Waals surface area contributed by atoms with E-state index in [0.29, 0.717) is 5.15 Å². The maximum Gasteiger partial charge on any atom is 0.353 e. The molecule has 7 heteroatoms. The molecule has 0 spiro atoms. The molecule has 0 saturated carbocycles. The second-order valence-corrected chi connectivity index (χ2v) is 9.28. The number of carbonyl (C=O) groups is 1. The van der Waals surface area contributed by atoms with Crippen LogP contribution in [0.3, 0.4) is 0 Å². The molecule has 1 aromatic heterocycles. The Morgan fingerprint density at radius 3 is 2.46 bits per heavy atom. The summed E-state index contributed by atoms with van der Waals surface area (Å²) in [6.07, 6.45) is 1.63. The van der Waals surface area contributed by atoms with E-state index in [1.165, 1.54) is 0 Å². The van der Waals surface area contributed by atoms with Gasteiger partial charge in [0.2, 0.25) is 14.8 Å². The minimum absolute atomic E-state index is 0.277. The number of likely N-dealkylation sites (N-methyl/N-ethyl adjacent to an activating group) is 1. The first kappa shape index (κ1) is 21.1. The fourth-order valence-electron chi connectivity index (χ4n) is 2.99. The molecule has 2 atom stereocenters. The standard InChI is InChI=1S/C17H28ClN2O3Si/c1-8-22-15(21)17(19-5,23-24(6)7)13(16(2,3)4)12-10-9-11-20-14(12)18/h9-11,13,19H,8H2,1-7H3. The van der Waals surface area contributed by atoms with Crippen LogP contribution in [0.1, 0.15) is 39.2 Å². The summed E-state index contributed by atoms with van der Waals surface area (Å²) in [6, 6.07) is 3.70. The van der Waals surface area contributed by atoms with Gasteiger partial charge in [-0.3, -0.25) is 5.32 Å². The Bertz CT molecular complexity index is 563. The first-order valence-corrected chi connectivity index (χ1v) is 10.8. The van der Waals surface area contributed by atoms with Gasteiger partial charge < -0.3 is 9.16 Å². The zero-order valence-electron chi connectivity index (χ0n) is 15.6. The van der Waals surface area contributed by atoms with Crippen LogP contribution in [0, 0.1) is 5.41 Å². The number of rotatable bonds is 7. The number of aromatic nitrogens is 1.